The van der Waals surface area contributed by atoms with Gasteiger partial charge in [-0.25, -0.2) is 4.39 Å². The Bertz CT molecular complexity index is 417. The van der Waals surface area contributed by atoms with Crippen LogP contribution in [0.4, 0.5) is 4.39 Å². The van der Waals surface area contributed by atoms with E-state index in [9.17, 15) is 9.50 Å². The molecule has 1 aromatic carbocycles. The van der Waals surface area contributed by atoms with E-state index in [1.165, 1.54) is 6.07 Å². The summed E-state index contributed by atoms with van der Waals surface area (Å²) in [5.74, 6) is -0.195. The highest BCUT2D eigenvalue weighted by atomic mass is 19.1. The standard InChI is InChI=1S/C17H28FNO2/c1-5-10-19(11-14-8-6-7-9-16(14)18)12-15(20)13-21-17(2,3)4/h6-9,15,20H,5,10-13H2,1-4H3. The zero-order valence-electron chi connectivity index (χ0n) is 13.6. The Kier molecular flexibility index (Phi) is 7.29. The molecule has 0 amide bonds. The maximum Gasteiger partial charge on any atom is 0.127 e. The second-order valence-corrected chi connectivity index (χ2v) is 6.40. The first-order chi connectivity index (χ1) is 9.81. The first-order valence-electron chi connectivity index (χ1n) is 7.59. The lowest BCUT2D eigenvalue weighted by Crippen LogP contribution is -2.37. The molecule has 1 unspecified atom stereocenters. The fraction of sp³-hybridized carbons (Fsp3) is 0.647. The molecule has 0 aliphatic heterocycles. The number of rotatable bonds is 8. The van der Waals surface area contributed by atoms with Crippen molar-refractivity contribution in [1.29, 1.82) is 0 Å². The number of nitrogens with zero attached hydrogens (tertiary/aromatic N) is 1. The summed E-state index contributed by atoms with van der Waals surface area (Å²) in [6.45, 7) is 10.1. The summed E-state index contributed by atoms with van der Waals surface area (Å²) in [7, 11) is 0. The highest BCUT2D eigenvalue weighted by molar-refractivity contribution is 5.17. The second kappa shape index (κ2) is 8.47. The Morgan fingerprint density at radius 3 is 2.52 bits per heavy atom. The van der Waals surface area contributed by atoms with Crippen LogP contribution < -0.4 is 0 Å². The minimum atomic E-state index is -0.567. The Balaban J connectivity index is 2.55. The third kappa shape index (κ3) is 7.55. The first-order valence-corrected chi connectivity index (χ1v) is 7.59. The van der Waals surface area contributed by atoms with Crippen LogP contribution in [0.1, 0.15) is 39.7 Å². The maximum atomic E-state index is 13.7. The molecule has 4 heteroatoms. The number of hydrogen-bond donors (Lipinski definition) is 1. The monoisotopic (exact) mass is 297 g/mol. The number of benzene rings is 1. The Hall–Kier alpha value is -0.970. The molecule has 0 radical (unpaired) electrons. The molecule has 1 rings (SSSR count). The van der Waals surface area contributed by atoms with Crippen molar-refractivity contribution in [3.8, 4) is 0 Å². The molecule has 21 heavy (non-hydrogen) atoms. The molecule has 0 saturated heterocycles. The quantitative estimate of drug-likeness (QED) is 0.800. The number of aliphatic hydroxyl groups excluding tert-OH is 1. The van der Waals surface area contributed by atoms with Crippen molar-refractivity contribution in [3.63, 3.8) is 0 Å². The van der Waals surface area contributed by atoms with Crippen molar-refractivity contribution in [2.45, 2.75) is 52.4 Å². The highest BCUT2D eigenvalue weighted by Crippen LogP contribution is 2.12. The molecule has 1 atom stereocenters. The fourth-order valence-corrected chi connectivity index (χ4v) is 2.12. The van der Waals surface area contributed by atoms with Crippen LogP contribution in [-0.4, -0.2) is 41.4 Å². The summed E-state index contributed by atoms with van der Waals surface area (Å²) in [6, 6.07) is 6.78. The average Bonchev–Trinajstić information content (AvgIpc) is 2.38. The van der Waals surface area contributed by atoms with E-state index in [0.717, 1.165) is 13.0 Å². The van der Waals surface area contributed by atoms with Crippen molar-refractivity contribution in [3.05, 3.63) is 35.6 Å². The molecule has 1 aromatic rings. The van der Waals surface area contributed by atoms with Gasteiger partial charge in [0.25, 0.3) is 0 Å². The van der Waals surface area contributed by atoms with Crippen molar-refractivity contribution in [1.82, 2.24) is 4.90 Å². The lowest BCUT2D eigenvalue weighted by atomic mass is 10.1. The van der Waals surface area contributed by atoms with Gasteiger partial charge in [0.2, 0.25) is 0 Å². The van der Waals surface area contributed by atoms with E-state index in [1.807, 2.05) is 26.8 Å². The van der Waals surface area contributed by atoms with E-state index in [-0.39, 0.29) is 11.4 Å². The van der Waals surface area contributed by atoms with Gasteiger partial charge in [-0.2, -0.15) is 0 Å². The molecular weight excluding hydrogens is 269 g/mol. The fourth-order valence-electron chi connectivity index (χ4n) is 2.12. The van der Waals surface area contributed by atoms with Gasteiger partial charge < -0.3 is 9.84 Å². The second-order valence-electron chi connectivity index (χ2n) is 6.40. The lowest BCUT2D eigenvalue weighted by molar-refractivity contribution is -0.0567. The number of aliphatic hydroxyl groups is 1. The van der Waals surface area contributed by atoms with Crippen LogP contribution in [0.2, 0.25) is 0 Å². The predicted molar refractivity (Wildman–Crippen MR) is 83.7 cm³/mol. The zero-order chi connectivity index (χ0) is 15.9. The molecule has 120 valence electrons. The molecule has 1 N–H and O–H groups in total. The average molecular weight is 297 g/mol. The van der Waals surface area contributed by atoms with Crippen LogP contribution in [0, 0.1) is 5.82 Å². The van der Waals surface area contributed by atoms with Crippen molar-refractivity contribution >= 4 is 0 Å². The van der Waals surface area contributed by atoms with Crippen molar-refractivity contribution < 1.29 is 14.2 Å². The van der Waals surface area contributed by atoms with Gasteiger partial charge in [-0.1, -0.05) is 25.1 Å². The topological polar surface area (TPSA) is 32.7 Å². The molecule has 0 bridgehead atoms. The molecule has 0 aliphatic carbocycles. The summed E-state index contributed by atoms with van der Waals surface area (Å²) in [5, 5.41) is 10.1. The molecule has 0 fully saturated rings. The van der Waals surface area contributed by atoms with Crippen LogP contribution in [0.3, 0.4) is 0 Å². The van der Waals surface area contributed by atoms with Gasteiger partial charge in [-0.3, -0.25) is 4.90 Å². The van der Waals surface area contributed by atoms with E-state index >= 15 is 0 Å². The molecule has 0 aromatic heterocycles. The van der Waals surface area contributed by atoms with Crippen LogP contribution in [0.25, 0.3) is 0 Å². The van der Waals surface area contributed by atoms with Gasteiger partial charge in [0.1, 0.15) is 5.82 Å². The molecule has 0 heterocycles. The summed E-state index contributed by atoms with van der Waals surface area (Å²) in [5.41, 5.74) is 0.400. The first kappa shape index (κ1) is 18.1. The van der Waals surface area contributed by atoms with Gasteiger partial charge in [-0.15, -0.1) is 0 Å². The van der Waals surface area contributed by atoms with Gasteiger partial charge in [-0.05, 0) is 39.8 Å². The van der Waals surface area contributed by atoms with Gasteiger partial charge in [0.15, 0.2) is 0 Å². The number of halogens is 1. The van der Waals surface area contributed by atoms with E-state index in [4.69, 9.17) is 4.74 Å². The van der Waals surface area contributed by atoms with E-state index in [0.29, 0.717) is 25.3 Å². The minimum Gasteiger partial charge on any atom is -0.389 e. The van der Waals surface area contributed by atoms with Crippen LogP contribution >= 0.6 is 0 Å². The summed E-state index contributed by atoms with van der Waals surface area (Å²) < 4.78 is 19.3. The molecular formula is C17H28FNO2. The van der Waals surface area contributed by atoms with Crippen molar-refractivity contribution in [2.75, 3.05) is 19.7 Å². The van der Waals surface area contributed by atoms with E-state index in [1.54, 1.807) is 12.1 Å². The van der Waals surface area contributed by atoms with E-state index < -0.39 is 6.10 Å². The third-order valence-corrected chi connectivity index (χ3v) is 3.07. The zero-order valence-corrected chi connectivity index (χ0v) is 13.6. The molecule has 0 aliphatic rings. The van der Waals surface area contributed by atoms with Crippen LogP contribution in [-0.2, 0) is 11.3 Å². The van der Waals surface area contributed by atoms with Gasteiger partial charge in [0.05, 0.1) is 18.3 Å². The largest absolute Gasteiger partial charge is 0.389 e. The normalized spacial score (nSPS) is 13.7. The smallest absolute Gasteiger partial charge is 0.127 e. The lowest BCUT2D eigenvalue weighted by Gasteiger charge is -2.27. The predicted octanol–water partition coefficient (Wildman–Crippen LogP) is 3.21. The Morgan fingerprint density at radius 2 is 1.95 bits per heavy atom. The molecule has 0 spiro atoms. The van der Waals surface area contributed by atoms with Crippen molar-refractivity contribution in [2.24, 2.45) is 0 Å². The third-order valence-electron chi connectivity index (χ3n) is 3.07. The Morgan fingerprint density at radius 1 is 1.29 bits per heavy atom. The summed E-state index contributed by atoms with van der Waals surface area (Å²) >= 11 is 0. The Labute approximate surface area is 127 Å². The van der Waals surface area contributed by atoms with Crippen LogP contribution in [0.15, 0.2) is 24.3 Å². The molecule has 3 nitrogen and oxygen atoms in total. The minimum absolute atomic E-state index is 0.195. The van der Waals surface area contributed by atoms with Gasteiger partial charge >= 0.3 is 0 Å². The summed E-state index contributed by atoms with van der Waals surface area (Å²) in [4.78, 5) is 2.06. The molecule has 0 saturated carbocycles. The highest BCUT2D eigenvalue weighted by Gasteiger charge is 2.17. The van der Waals surface area contributed by atoms with E-state index in [2.05, 4.69) is 11.8 Å². The number of hydrogen-bond acceptors (Lipinski definition) is 3. The maximum absolute atomic E-state index is 13.7. The summed E-state index contributed by atoms with van der Waals surface area (Å²) in [6.07, 6.45) is 0.393. The van der Waals surface area contributed by atoms with Crippen LogP contribution in [0.5, 0.6) is 0 Å². The SMILES string of the molecule is CCCN(Cc1ccccc1F)CC(O)COC(C)(C)C. The van der Waals surface area contributed by atoms with Gasteiger partial charge in [0, 0.05) is 18.7 Å². The number of ether oxygens (including phenoxy) is 1.